The molecule has 6 heteroatoms. The van der Waals surface area contributed by atoms with Crippen LogP contribution >= 0.6 is 0 Å². The summed E-state index contributed by atoms with van der Waals surface area (Å²) in [5, 5.41) is 19.6. The maximum Gasteiger partial charge on any atom is 0.339 e. The lowest BCUT2D eigenvalue weighted by atomic mass is 9.86. The third-order valence-electron chi connectivity index (χ3n) is 3.10. The zero-order chi connectivity index (χ0) is 13.1. The molecule has 0 atom stereocenters. The Balaban J connectivity index is 2.16. The first kappa shape index (κ1) is 12.3. The van der Waals surface area contributed by atoms with Crippen molar-refractivity contribution >= 4 is 11.7 Å². The Hall–Kier alpha value is -2.11. The minimum Gasteiger partial charge on any atom is -0.492 e. The van der Waals surface area contributed by atoms with Crippen LogP contribution in [0.25, 0.3) is 0 Å². The van der Waals surface area contributed by atoms with Gasteiger partial charge in [0.2, 0.25) is 0 Å². The molecule has 0 heterocycles. The molecule has 0 bridgehead atoms. The van der Waals surface area contributed by atoms with E-state index in [-0.39, 0.29) is 17.0 Å². The van der Waals surface area contributed by atoms with E-state index in [4.69, 9.17) is 9.84 Å². The minimum absolute atomic E-state index is 0.163. The number of ether oxygens (including phenoxy) is 1. The second-order valence-corrected chi connectivity index (χ2v) is 4.35. The Morgan fingerprint density at radius 1 is 1.50 bits per heavy atom. The van der Waals surface area contributed by atoms with E-state index >= 15 is 0 Å². The molecule has 1 aromatic carbocycles. The van der Waals surface area contributed by atoms with E-state index < -0.39 is 10.9 Å². The first-order valence-electron chi connectivity index (χ1n) is 5.72. The summed E-state index contributed by atoms with van der Waals surface area (Å²) in [4.78, 5) is 21.0. The van der Waals surface area contributed by atoms with Crippen molar-refractivity contribution < 1.29 is 19.6 Å². The normalized spacial score (nSPS) is 14.9. The van der Waals surface area contributed by atoms with Crippen LogP contribution in [0.4, 0.5) is 5.69 Å². The molecule has 0 amide bonds. The molecule has 1 aromatic rings. The van der Waals surface area contributed by atoms with E-state index in [1.54, 1.807) is 0 Å². The van der Waals surface area contributed by atoms with Crippen LogP contribution in [0.3, 0.4) is 0 Å². The summed E-state index contributed by atoms with van der Waals surface area (Å²) in [5.41, 5.74) is -0.410. The van der Waals surface area contributed by atoms with E-state index in [9.17, 15) is 14.9 Å². The number of nitrogens with zero attached hydrogens (tertiary/aromatic N) is 1. The van der Waals surface area contributed by atoms with Crippen molar-refractivity contribution in [1.82, 2.24) is 0 Å². The van der Waals surface area contributed by atoms with Gasteiger partial charge in [0.25, 0.3) is 5.69 Å². The molecule has 0 unspecified atom stereocenters. The van der Waals surface area contributed by atoms with Crippen LogP contribution in [0, 0.1) is 16.0 Å². The highest BCUT2D eigenvalue weighted by Crippen LogP contribution is 2.29. The summed E-state index contributed by atoms with van der Waals surface area (Å²) < 4.78 is 5.43. The number of carbonyl (C=O) groups is 1. The molecule has 1 aliphatic carbocycles. The van der Waals surface area contributed by atoms with Gasteiger partial charge in [0, 0.05) is 12.1 Å². The van der Waals surface area contributed by atoms with Crippen LogP contribution in [0.1, 0.15) is 29.6 Å². The van der Waals surface area contributed by atoms with E-state index in [0.717, 1.165) is 18.9 Å². The maximum atomic E-state index is 11.0. The number of benzene rings is 1. The molecule has 0 aromatic heterocycles. The molecular weight excluding hydrogens is 238 g/mol. The van der Waals surface area contributed by atoms with Gasteiger partial charge in [0.05, 0.1) is 11.5 Å². The Morgan fingerprint density at radius 2 is 2.22 bits per heavy atom. The summed E-state index contributed by atoms with van der Waals surface area (Å²) in [5.74, 6) is -0.552. The van der Waals surface area contributed by atoms with Gasteiger partial charge in [-0.25, -0.2) is 4.79 Å². The molecule has 1 saturated carbocycles. The van der Waals surface area contributed by atoms with E-state index in [1.165, 1.54) is 18.6 Å². The number of rotatable bonds is 5. The van der Waals surface area contributed by atoms with Gasteiger partial charge < -0.3 is 9.84 Å². The zero-order valence-corrected chi connectivity index (χ0v) is 9.67. The molecule has 1 aliphatic rings. The minimum atomic E-state index is -1.22. The SMILES string of the molecule is O=C(O)c1cc([N+](=O)[O-])ccc1OCC1CCC1. The predicted molar refractivity (Wildman–Crippen MR) is 62.9 cm³/mol. The Kier molecular flexibility index (Phi) is 3.45. The fraction of sp³-hybridized carbons (Fsp3) is 0.417. The van der Waals surface area contributed by atoms with Gasteiger partial charge in [-0.2, -0.15) is 0 Å². The number of hydrogen-bond acceptors (Lipinski definition) is 4. The smallest absolute Gasteiger partial charge is 0.339 e. The third-order valence-corrected chi connectivity index (χ3v) is 3.10. The average Bonchev–Trinajstić information content (AvgIpc) is 2.26. The quantitative estimate of drug-likeness (QED) is 0.641. The van der Waals surface area contributed by atoms with Crippen LogP contribution in [0.15, 0.2) is 18.2 Å². The number of carboxylic acids is 1. The summed E-state index contributed by atoms with van der Waals surface area (Å²) >= 11 is 0. The van der Waals surface area contributed by atoms with Crippen molar-refractivity contribution in [3.05, 3.63) is 33.9 Å². The van der Waals surface area contributed by atoms with Gasteiger partial charge in [-0.1, -0.05) is 6.42 Å². The largest absolute Gasteiger partial charge is 0.492 e. The van der Waals surface area contributed by atoms with Gasteiger partial charge in [-0.15, -0.1) is 0 Å². The number of carboxylic acid groups (broad SMARTS) is 1. The van der Waals surface area contributed by atoms with Crippen LogP contribution in [-0.4, -0.2) is 22.6 Å². The fourth-order valence-electron chi connectivity index (χ4n) is 1.79. The lowest BCUT2D eigenvalue weighted by molar-refractivity contribution is -0.384. The second kappa shape index (κ2) is 5.03. The summed E-state index contributed by atoms with van der Waals surface area (Å²) in [6, 6.07) is 3.63. The van der Waals surface area contributed by atoms with Crippen molar-refractivity contribution in [1.29, 1.82) is 0 Å². The topological polar surface area (TPSA) is 89.7 Å². The number of non-ortho nitro benzene ring substituents is 1. The fourth-order valence-corrected chi connectivity index (χ4v) is 1.79. The Labute approximate surface area is 103 Å². The van der Waals surface area contributed by atoms with Crippen LogP contribution < -0.4 is 4.74 Å². The number of aromatic carboxylic acids is 1. The maximum absolute atomic E-state index is 11.0. The Morgan fingerprint density at radius 3 is 2.72 bits per heavy atom. The van der Waals surface area contributed by atoms with Crippen LogP contribution in [-0.2, 0) is 0 Å². The first-order valence-corrected chi connectivity index (χ1v) is 5.72. The molecular formula is C12H13NO5. The van der Waals surface area contributed by atoms with Crippen LogP contribution in [0.2, 0.25) is 0 Å². The highest BCUT2D eigenvalue weighted by atomic mass is 16.6. The molecule has 0 saturated heterocycles. The summed E-state index contributed by atoms with van der Waals surface area (Å²) in [7, 11) is 0. The monoisotopic (exact) mass is 251 g/mol. The first-order chi connectivity index (χ1) is 8.58. The molecule has 0 spiro atoms. The molecule has 0 aliphatic heterocycles. The van der Waals surface area contributed by atoms with E-state index in [0.29, 0.717) is 12.5 Å². The van der Waals surface area contributed by atoms with Gasteiger partial charge in [0.1, 0.15) is 11.3 Å². The molecule has 1 fully saturated rings. The lowest BCUT2D eigenvalue weighted by Crippen LogP contribution is -2.20. The van der Waals surface area contributed by atoms with Gasteiger partial charge in [0.15, 0.2) is 0 Å². The average molecular weight is 251 g/mol. The van der Waals surface area contributed by atoms with Crippen molar-refractivity contribution in [3.63, 3.8) is 0 Å². The van der Waals surface area contributed by atoms with Crippen molar-refractivity contribution in [2.75, 3.05) is 6.61 Å². The Bertz CT molecular complexity index is 481. The molecule has 96 valence electrons. The molecule has 6 nitrogen and oxygen atoms in total. The van der Waals surface area contributed by atoms with Crippen molar-refractivity contribution in [2.24, 2.45) is 5.92 Å². The number of nitro benzene ring substituents is 1. The second-order valence-electron chi connectivity index (χ2n) is 4.35. The van der Waals surface area contributed by atoms with E-state index in [1.807, 2.05) is 0 Å². The summed E-state index contributed by atoms with van der Waals surface area (Å²) in [6.07, 6.45) is 3.37. The predicted octanol–water partition coefficient (Wildman–Crippen LogP) is 2.47. The standard InChI is InChI=1S/C12H13NO5/c14-12(15)10-6-9(13(16)17)4-5-11(10)18-7-8-2-1-3-8/h4-6,8H,1-3,7H2,(H,14,15). The van der Waals surface area contributed by atoms with E-state index in [2.05, 4.69) is 0 Å². The number of hydrogen-bond donors (Lipinski definition) is 1. The highest BCUT2D eigenvalue weighted by molar-refractivity contribution is 5.91. The van der Waals surface area contributed by atoms with Crippen molar-refractivity contribution in [2.45, 2.75) is 19.3 Å². The molecule has 2 rings (SSSR count). The van der Waals surface area contributed by atoms with Gasteiger partial charge in [-0.3, -0.25) is 10.1 Å². The van der Waals surface area contributed by atoms with Crippen LogP contribution in [0.5, 0.6) is 5.75 Å². The highest BCUT2D eigenvalue weighted by Gasteiger charge is 2.21. The molecule has 0 radical (unpaired) electrons. The summed E-state index contributed by atoms with van der Waals surface area (Å²) in [6.45, 7) is 0.470. The zero-order valence-electron chi connectivity index (χ0n) is 9.67. The van der Waals surface area contributed by atoms with Gasteiger partial charge >= 0.3 is 5.97 Å². The van der Waals surface area contributed by atoms with Crippen molar-refractivity contribution in [3.8, 4) is 5.75 Å². The molecule has 1 N–H and O–H groups in total. The molecule has 18 heavy (non-hydrogen) atoms. The third kappa shape index (κ3) is 2.58. The number of nitro groups is 1. The van der Waals surface area contributed by atoms with Gasteiger partial charge in [-0.05, 0) is 24.8 Å². The lowest BCUT2D eigenvalue weighted by Gasteiger charge is -2.25.